The van der Waals surface area contributed by atoms with Gasteiger partial charge in [0.05, 0.1) is 29.3 Å². The van der Waals surface area contributed by atoms with Crippen molar-refractivity contribution in [1.82, 2.24) is 4.57 Å². The van der Waals surface area contributed by atoms with Gasteiger partial charge < -0.3 is 19.8 Å². The largest absolute Gasteiger partial charge is 0.469 e. The molecule has 8 heteroatoms. The summed E-state index contributed by atoms with van der Waals surface area (Å²) in [5, 5.41) is 0.484. The van der Waals surface area contributed by atoms with Gasteiger partial charge in [-0.3, -0.25) is 9.59 Å². The zero-order valence-corrected chi connectivity index (χ0v) is 17.3. The lowest BCUT2D eigenvalue weighted by atomic mass is 9.97. The maximum Gasteiger partial charge on any atom is 0.355 e. The number of Topliss-reactive ketones (excluding diaryl/α,β-unsaturated/α-hetero) is 2. The summed E-state index contributed by atoms with van der Waals surface area (Å²) in [5.74, 6) is -2.58. The second-order valence-corrected chi connectivity index (χ2v) is 7.60. The van der Waals surface area contributed by atoms with Gasteiger partial charge >= 0.3 is 5.97 Å². The van der Waals surface area contributed by atoms with Crippen molar-refractivity contribution in [2.75, 3.05) is 12.8 Å². The molecule has 2 heterocycles. The molecule has 0 bridgehead atoms. The predicted molar refractivity (Wildman–Crippen MR) is 110 cm³/mol. The number of nitrogen functional groups attached to an aromatic ring is 1. The van der Waals surface area contributed by atoms with Crippen molar-refractivity contribution in [1.29, 1.82) is 0 Å². The van der Waals surface area contributed by atoms with E-state index in [1.54, 1.807) is 0 Å². The first-order valence-corrected chi connectivity index (χ1v) is 9.62. The summed E-state index contributed by atoms with van der Waals surface area (Å²) in [5.41, 5.74) is 9.43. The third-order valence-corrected chi connectivity index (χ3v) is 5.69. The summed E-state index contributed by atoms with van der Waals surface area (Å²) >= 11 is 3.51. The van der Waals surface area contributed by atoms with Gasteiger partial charge in [-0.15, -0.1) is 0 Å². The summed E-state index contributed by atoms with van der Waals surface area (Å²) in [4.78, 5) is 36.9. The summed E-state index contributed by atoms with van der Waals surface area (Å²) in [7, 11) is 1.13. The van der Waals surface area contributed by atoms with E-state index in [0.717, 1.165) is 18.4 Å². The molecule has 4 rings (SSSR count). The molecule has 0 fully saturated rings. The normalized spacial score (nSPS) is 15.9. The van der Waals surface area contributed by atoms with Crippen LogP contribution in [0.25, 0.3) is 10.9 Å². The van der Waals surface area contributed by atoms with Gasteiger partial charge in [-0.25, -0.2) is 4.79 Å². The quantitative estimate of drug-likeness (QED) is 0.369. The molecule has 0 aliphatic carbocycles. The fourth-order valence-electron chi connectivity index (χ4n) is 3.57. The summed E-state index contributed by atoms with van der Waals surface area (Å²) in [6.45, 7) is 2.41. The number of nitrogens with two attached hydrogens (primary N) is 1. The number of ether oxygens (including phenoxy) is 2. The van der Waals surface area contributed by atoms with Gasteiger partial charge in [-0.1, -0.05) is 30.3 Å². The standard InChI is InChI=1S/C21H17BrN2O5/c1-10-15(23)14-16(24(10)9-11-6-4-3-5-7-11)13(22)8-12-17(25)18(26)20(21(27)28-2)29-19(12)14/h3-8,20H,9,23H2,1-2H3. The van der Waals surface area contributed by atoms with E-state index in [2.05, 4.69) is 20.7 Å². The van der Waals surface area contributed by atoms with Crippen LogP contribution in [-0.2, 0) is 20.9 Å². The van der Waals surface area contributed by atoms with Crippen LogP contribution in [0.2, 0.25) is 0 Å². The van der Waals surface area contributed by atoms with E-state index in [0.29, 0.717) is 27.6 Å². The third kappa shape index (κ3) is 2.91. The van der Waals surface area contributed by atoms with E-state index >= 15 is 0 Å². The smallest absolute Gasteiger partial charge is 0.355 e. The SMILES string of the molecule is COC(=O)C1Oc2c(cc(Br)c3c2c(N)c(C)n3Cc2ccccc2)C(=O)C1=O. The second kappa shape index (κ2) is 7.04. The van der Waals surface area contributed by atoms with Crippen molar-refractivity contribution in [2.24, 2.45) is 0 Å². The number of aromatic nitrogens is 1. The number of halogens is 1. The molecule has 0 radical (unpaired) electrons. The number of hydrogen-bond donors (Lipinski definition) is 1. The van der Waals surface area contributed by atoms with Crippen molar-refractivity contribution < 1.29 is 23.9 Å². The highest BCUT2D eigenvalue weighted by atomic mass is 79.9. The Balaban J connectivity index is 1.96. The topological polar surface area (TPSA) is 101 Å². The fraction of sp³-hybridized carbons (Fsp3) is 0.190. The van der Waals surface area contributed by atoms with Crippen molar-refractivity contribution in [3.8, 4) is 5.75 Å². The first-order valence-electron chi connectivity index (χ1n) is 8.82. The van der Waals surface area contributed by atoms with Gasteiger partial charge in [0.2, 0.25) is 5.78 Å². The molecule has 7 nitrogen and oxygen atoms in total. The zero-order chi connectivity index (χ0) is 20.9. The number of rotatable bonds is 3. The lowest BCUT2D eigenvalue weighted by Gasteiger charge is -2.23. The fourth-order valence-corrected chi connectivity index (χ4v) is 4.21. The molecule has 29 heavy (non-hydrogen) atoms. The highest BCUT2D eigenvalue weighted by molar-refractivity contribution is 9.10. The molecule has 1 aliphatic heterocycles. The third-order valence-electron chi connectivity index (χ3n) is 5.08. The number of benzene rings is 2. The Morgan fingerprint density at radius 3 is 2.62 bits per heavy atom. The van der Waals surface area contributed by atoms with E-state index in [-0.39, 0.29) is 11.3 Å². The Morgan fingerprint density at radius 1 is 1.28 bits per heavy atom. The first kappa shape index (κ1) is 19.2. The molecule has 0 spiro atoms. The van der Waals surface area contributed by atoms with Crippen molar-refractivity contribution in [3.63, 3.8) is 0 Å². The van der Waals surface area contributed by atoms with E-state index in [1.807, 2.05) is 41.8 Å². The average Bonchev–Trinajstić information content (AvgIpc) is 2.97. The monoisotopic (exact) mass is 456 g/mol. The van der Waals surface area contributed by atoms with Crippen LogP contribution in [0, 0.1) is 6.92 Å². The first-order chi connectivity index (χ1) is 13.8. The Hall–Kier alpha value is -3.13. The molecule has 3 aromatic rings. The number of hydrogen-bond acceptors (Lipinski definition) is 6. The molecule has 1 unspecified atom stereocenters. The predicted octanol–water partition coefficient (Wildman–Crippen LogP) is 3.03. The summed E-state index contributed by atoms with van der Waals surface area (Å²) in [6.07, 6.45) is -1.64. The molecular formula is C21H17BrN2O5. The molecule has 1 atom stereocenters. The average molecular weight is 457 g/mol. The second-order valence-electron chi connectivity index (χ2n) is 6.74. The Bertz CT molecular complexity index is 1180. The maximum atomic E-state index is 12.6. The van der Waals surface area contributed by atoms with Gasteiger partial charge in [0.1, 0.15) is 5.75 Å². The number of carbonyl (C=O) groups is 3. The van der Waals surface area contributed by atoms with E-state index in [9.17, 15) is 14.4 Å². The molecule has 2 N–H and O–H groups in total. The Labute approximate surface area is 174 Å². The molecule has 148 valence electrons. The van der Waals surface area contributed by atoms with Crippen LogP contribution in [0.5, 0.6) is 5.75 Å². The highest BCUT2D eigenvalue weighted by Gasteiger charge is 2.43. The van der Waals surface area contributed by atoms with Crippen LogP contribution < -0.4 is 10.5 Å². The lowest BCUT2D eigenvalue weighted by molar-refractivity contribution is -0.152. The number of fused-ring (bicyclic) bond motifs is 3. The zero-order valence-electron chi connectivity index (χ0n) is 15.7. The van der Waals surface area contributed by atoms with Gasteiger partial charge in [0, 0.05) is 16.7 Å². The van der Waals surface area contributed by atoms with Gasteiger partial charge in [0.25, 0.3) is 11.9 Å². The number of anilines is 1. The number of esters is 1. The van der Waals surface area contributed by atoms with Crippen LogP contribution >= 0.6 is 15.9 Å². The van der Waals surface area contributed by atoms with Crippen LogP contribution in [0.4, 0.5) is 5.69 Å². The van der Waals surface area contributed by atoms with Gasteiger partial charge in [0.15, 0.2) is 0 Å². The van der Waals surface area contributed by atoms with Crippen LogP contribution in [-0.4, -0.2) is 35.3 Å². The molecule has 0 saturated carbocycles. The maximum absolute atomic E-state index is 12.6. The van der Waals surface area contributed by atoms with Crippen molar-refractivity contribution >= 4 is 50.1 Å². The van der Waals surface area contributed by atoms with E-state index in [1.165, 1.54) is 6.07 Å². The molecular weight excluding hydrogens is 440 g/mol. The molecule has 2 aromatic carbocycles. The highest BCUT2D eigenvalue weighted by Crippen LogP contribution is 2.44. The van der Waals surface area contributed by atoms with Crippen molar-refractivity contribution in [3.05, 3.63) is 57.7 Å². The van der Waals surface area contributed by atoms with Gasteiger partial charge in [-0.05, 0) is 34.5 Å². The van der Waals surface area contributed by atoms with E-state index < -0.39 is 23.6 Å². The summed E-state index contributed by atoms with van der Waals surface area (Å²) < 4.78 is 12.9. The molecule has 1 aromatic heterocycles. The Morgan fingerprint density at radius 2 is 1.97 bits per heavy atom. The number of methoxy groups -OCH3 is 1. The minimum absolute atomic E-state index is 0.0677. The van der Waals surface area contributed by atoms with Crippen LogP contribution in [0.1, 0.15) is 21.6 Å². The minimum Gasteiger partial charge on any atom is -0.469 e. The lowest BCUT2D eigenvalue weighted by Crippen LogP contribution is -2.44. The molecule has 0 saturated heterocycles. The number of ketones is 2. The van der Waals surface area contributed by atoms with Gasteiger partial charge in [-0.2, -0.15) is 0 Å². The van der Waals surface area contributed by atoms with Crippen LogP contribution in [0.15, 0.2) is 40.9 Å². The molecule has 0 amide bonds. The minimum atomic E-state index is -1.64. The summed E-state index contributed by atoms with van der Waals surface area (Å²) in [6, 6.07) is 11.4. The van der Waals surface area contributed by atoms with E-state index in [4.69, 9.17) is 10.5 Å². The number of nitrogens with zero attached hydrogens (tertiary/aromatic N) is 1. The van der Waals surface area contributed by atoms with Crippen molar-refractivity contribution in [2.45, 2.75) is 19.6 Å². The number of carbonyl (C=O) groups excluding carboxylic acids is 3. The Kier molecular flexibility index (Phi) is 4.66. The molecule has 1 aliphatic rings. The van der Waals surface area contributed by atoms with Crippen LogP contribution in [0.3, 0.4) is 0 Å².